The molecular weight excluding hydrogens is 247 g/mol. The van der Waals surface area contributed by atoms with Crippen molar-refractivity contribution < 1.29 is 14.3 Å². The first kappa shape index (κ1) is 12.2. The van der Waals surface area contributed by atoms with Gasteiger partial charge in [0.25, 0.3) is 0 Å². The predicted molar refractivity (Wildman–Crippen MR) is 69.5 cm³/mol. The van der Waals surface area contributed by atoms with Gasteiger partial charge in [-0.05, 0) is 25.5 Å². The van der Waals surface area contributed by atoms with Crippen molar-refractivity contribution in [3.63, 3.8) is 0 Å². The topological polar surface area (TPSA) is 65.1 Å². The number of halogens is 1. The number of H-pyrrole nitrogens is 1. The minimum atomic E-state index is -0.825. The number of hydrogen-bond acceptors (Lipinski definition) is 2. The van der Waals surface area contributed by atoms with Gasteiger partial charge in [-0.2, -0.15) is 0 Å². The van der Waals surface area contributed by atoms with E-state index in [0.29, 0.717) is 23.9 Å². The Bertz CT molecular complexity index is 650. The average Bonchev–Trinajstić information content (AvgIpc) is 2.95. The lowest BCUT2D eigenvalue weighted by Gasteiger charge is -2.12. The van der Waals surface area contributed by atoms with E-state index in [-0.39, 0.29) is 11.9 Å². The third-order valence-electron chi connectivity index (χ3n) is 3.76. The van der Waals surface area contributed by atoms with Crippen LogP contribution in [-0.4, -0.2) is 22.6 Å². The second-order valence-corrected chi connectivity index (χ2v) is 5.11. The molecule has 4 nitrogen and oxygen atoms in total. The average molecular weight is 262 g/mol. The van der Waals surface area contributed by atoms with Crippen LogP contribution in [0.5, 0.6) is 0 Å². The quantitative estimate of drug-likeness (QED) is 0.778. The number of benzene rings is 1. The molecule has 2 aromatic rings. The molecule has 0 amide bonds. The Balaban J connectivity index is 1.97. The fourth-order valence-corrected chi connectivity index (χ4v) is 2.75. The molecule has 1 aromatic heterocycles. The Morgan fingerprint density at radius 1 is 1.47 bits per heavy atom. The Hall–Kier alpha value is -1.88. The van der Waals surface area contributed by atoms with Gasteiger partial charge in [0.15, 0.2) is 0 Å². The molecule has 2 unspecified atom stereocenters. The molecule has 2 atom stereocenters. The monoisotopic (exact) mass is 262 g/mol. The number of aromatic amines is 1. The second-order valence-electron chi connectivity index (χ2n) is 5.11. The number of carboxylic acid groups (broad SMARTS) is 1. The van der Waals surface area contributed by atoms with E-state index in [0.717, 1.165) is 11.2 Å². The van der Waals surface area contributed by atoms with Gasteiger partial charge < -0.3 is 15.4 Å². The number of aryl methyl sites for hydroxylation is 1. The van der Waals surface area contributed by atoms with Gasteiger partial charge in [0.2, 0.25) is 0 Å². The first-order chi connectivity index (χ1) is 9.06. The fourth-order valence-electron chi connectivity index (χ4n) is 2.75. The molecule has 1 aliphatic heterocycles. The number of fused-ring (bicyclic) bond motifs is 1. The van der Waals surface area contributed by atoms with Crippen LogP contribution in [0.25, 0.3) is 10.9 Å². The Morgan fingerprint density at radius 2 is 2.26 bits per heavy atom. The van der Waals surface area contributed by atoms with Gasteiger partial charge in [-0.1, -0.05) is 6.07 Å². The minimum Gasteiger partial charge on any atom is -0.481 e. The van der Waals surface area contributed by atoms with E-state index in [1.54, 1.807) is 12.1 Å². The fraction of sp³-hybridized carbons (Fsp3) is 0.357. The van der Waals surface area contributed by atoms with E-state index in [9.17, 15) is 9.18 Å². The first-order valence-electron chi connectivity index (χ1n) is 6.30. The molecule has 2 heterocycles. The van der Waals surface area contributed by atoms with Gasteiger partial charge in [0.05, 0.1) is 5.92 Å². The van der Waals surface area contributed by atoms with Crippen LogP contribution in [0.3, 0.4) is 0 Å². The SMILES string of the molecule is Cc1cc2c(F)c(C3CC(C(=O)O)CN3)ccc2[nH]1. The van der Waals surface area contributed by atoms with E-state index in [1.807, 2.05) is 13.0 Å². The number of nitrogens with one attached hydrogen (secondary N) is 2. The van der Waals surface area contributed by atoms with Crippen LogP contribution < -0.4 is 5.32 Å². The highest BCUT2D eigenvalue weighted by Gasteiger charge is 2.31. The summed E-state index contributed by atoms with van der Waals surface area (Å²) in [4.78, 5) is 14.0. The molecular formula is C14H15FN2O2. The molecule has 1 aliphatic rings. The summed E-state index contributed by atoms with van der Waals surface area (Å²) >= 11 is 0. The Kier molecular flexibility index (Phi) is 2.78. The molecule has 19 heavy (non-hydrogen) atoms. The van der Waals surface area contributed by atoms with Crippen LogP contribution in [0.4, 0.5) is 4.39 Å². The summed E-state index contributed by atoms with van der Waals surface area (Å²) in [5.41, 5.74) is 2.23. The second kappa shape index (κ2) is 4.35. The summed E-state index contributed by atoms with van der Waals surface area (Å²) in [6.45, 7) is 2.27. The molecule has 100 valence electrons. The molecule has 0 spiro atoms. The van der Waals surface area contributed by atoms with Gasteiger partial charge in [-0.15, -0.1) is 0 Å². The summed E-state index contributed by atoms with van der Waals surface area (Å²) < 4.78 is 14.5. The maximum atomic E-state index is 14.5. The summed E-state index contributed by atoms with van der Waals surface area (Å²) in [6, 6.07) is 5.13. The largest absolute Gasteiger partial charge is 0.481 e. The zero-order valence-corrected chi connectivity index (χ0v) is 10.5. The zero-order chi connectivity index (χ0) is 13.6. The van der Waals surface area contributed by atoms with Gasteiger partial charge in [0, 0.05) is 34.7 Å². The van der Waals surface area contributed by atoms with E-state index < -0.39 is 11.9 Å². The van der Waals surface area contributed by atoms with E-state index in [1.165, 1.54) is 0 Å². The van der Waals surface area contributed by atoms with Gasteiger partial charge in [-0.3, -0.25) is 4.79 Å². The molecule has 1 aromatic carbocycles. The molecule has 0 aliphatic carbocycles. The van der Waals surface area contributed by atoms with Gasteiger partial charge in [-0.25, -0.2) is 4.39 Å². The Morgan fingerprint density at radius 3 is 2.95 bits per heavy atom. The smallest absolute Gasteiger partial charge is 0.307 e. The van der Waals surface area contributed by atoms with Crippen molar-refractivity contribution in [3.05, 3.63) is 35.3 Å². The van der Waals surface area contributed by atoms with Gasteiger partial charge in [0.1, 0.15) is 5.82 Å². The lowest BCUT2D eigenvalue weighted by atomic mass is 9.98. The van der Waals surface area contributed by atoms with Crippen molar-refractivity contribution in [2.75, 3.05) is 6.54 Å². The minimum absolute atomic E-state index is 0.222. The van der Waals surface area contributed by atoms with Crippen LogP contribution in [0.15, 0.2) is 18.2 Å². The van der Waals surface area contributed by atoms with Crippen molar-refractivity contribution in [2.24, 2.45) is 5.92 Å². The van der Waals surface area contributed by atoms with Crippen LogP contribution in [0.2, 0.25) is 0 Å². The molecule has 3 N–H and O–H groups in total. The molecule has 1 saturated heterocycles. The normalized spacial score (nSPS) is 23.1. The summed E-state index contributed by atoms with van der Waals surface area (Å²) in [6.07, 6.45) is 0.432. The Labute approximate surface area is 109 Å². The number of rotatable bonds is 2. The third kappa shape index (κ3) is 2.00. The maximum absolute atomic E-state index is 14.5. The van der Waals surface area contributed by atoms with Crippen LogP contribution in [0, 0.1) is 18.7 Å². The first-order valence-corrected chi connectivity index (χ1v) is 6.30. The highest BCUT2D eigenvalue weighted by Crippen LogP contribution is 2.32. The summed E-state index contributed by atoms with van der Waals surface area (Å²) in [5.74, 6) is -1.52. The summed E-state index contributed by atoms with van der Waals surface area (Å²) in [7, 11) is 0. The maximum Gasteiger partial charge on any atom is 0.307 e. The summed E-state index contributed by atoms with van der Waals surface area (Å²) in [5, 5.41) is 12.6. The third-order valence-corrected chi connectivity index (χ3v) is 3.76. The molecule has 0 saturated carbocycles. The molecule has 3 rings (SSSR count). The standard InChI is InChI=1S/C14H15FN2O2/c1-7-4-10-11(17-7)3-2-9(13(10)15)12-5-8(6-16-12)14(18)19/h2-4,8,12,16-17H,5-6H2,1H3,(H,18,19). The van der Waals surface area contributed by atoms with Crippen molar-refractivity contribution >= 4 is 16.9 Å². The highest BCUT2D eigenvalue weighted by atomic mass is 19.1. The number of aliphatic carboxylic acids is 1. The number of hydrogen-bond donors (Lipinski definition) is 3. The van der Waals surface area contributed by atoms with Crippen molar-refractivity contribution in [2.45, 2.75) is 19.4 Å². The van der Waals surface area contributed by atoms with Crippen LogP contribution in [-0.2, 0) is 4.79 Å². The number of aromatic nitrogens is 1. The van der Waals surface area contributed by atoms with E-state index >= 15 is 0 Å². The van der Waals surface area contributed by atoms with Crippen LogP contribution >= 0.6 is 0 Å². The highest BCUT2D eigenvalue weighted by molar-refractivity contribution is 5.82. The van der Waals surface area contributed by atoms with Gasteiger partial charge >= 0.3 is 5.97 Å². The molecule has 1 fully saturated rings. The number of carboxylic acids is 1. The molecule has 0 bridgehead atoms. The van der Waals surface area contributed by atoms with E-state index in [4.69, 9.17) is 5.11 Å². The lowest BCUT2D eigenvalue weighted by molar-refractivity contribution is -0.141. The molecule has 5 heteroatoms. The number of carbonyl (C=O) groups is 1. The van der Waals surface area contributed by atoms with Crippen LogP contribution in [0.1, 0.15) is 23.7 Å². The zero-order valence-electron chi connectivity index (χ0n) is 10.5. The predicted octanol–water partition coefficient (Wildman–Crippen LogP) is 2.35. The van der Waals surface area contributed by atoms with Crippen molar-refractivity contribution in [1.29, 1.82) is 0 Å². The molecule has 0 radical (unpaired) electrons. The lowest BCUT2D eigenvalue weighted by Crippen LogP contribution is -2.17. The van der Waals surface area contributed by atoms with Crippen molar-refractivity contribution in [1.82, 2.24) is 10.3 Å². The van der Waals surface area contributed by atoms with E-state index in [2.05, 4.69) is 10.3 Å². The van der Waals surface area contributed by atoms with Crippen molar-refractivity contribution in [3.8, 4) is 0 Å².